The highest BCUT2D eigenvalue weighted by atomic mass is 35.5. The third-order valence-electron chi connectivity index (χ3n) is 3.26. The van der Waals surface area contributed by atoms with Crippen LogP contribution in [-0.4, -0.2) is 29.7 Å². The van der Waals surface area contributed by atoms with Gasteiger partial charge in [0.2, 0.25) is 5.91 Å². The third-order valence-corrected chi connectivity index (χ3v) is 3.82. The molecule has 2 N–H and O–H groups in total. The first kappa shape index (κ1) is 15.1. The van der Waals surface area contributed by atoms with Crippen LogP contribution in [0.5, 0.6) is 0 Å². The van der Waals surface area contributed by atoms with Crippen LogP contribution in [-0.2, 0) is 9.59 Å². The number of carbonyl (C=O) groups is 2. The summed E-state index contributed by atoms with van der Waals surface area (Å²) in [6.07, 6.45) is 0.561. The molecule has 0 bridgehead atoms. The molecule has 20 heavy (non-hydrogen) atoms. The van der Waals surface area contributed by atoms with E-state index in [9.17, 15) is 14.0 Å². The normalized spacial score (nSPS) is 22.1. The first-order chi connectivity index (χ1) is 9.43. The standard InChI is InChI=1S/C13H12Cl2FNO3/c14-6-1-2-7(10(15)3-6)8-4-9(8)12(18)17-11(5-16)13(19)20/h1-3,8-9,11H,4-5H2,(H,17,18)(H,19,20). The van der Waals surface area contributed by atoms with Crippen LogP contribution in [0.4, 0.5) is 4.39 Å². The Labute approximate surface area is 124 Å². The monoisotopic (exact) mass is 319 g/mol. The van der Waals surface area contributed by atoms with Gasteiger partial charge in [-0.15, -0.1) is 0 Å². The van der Waals surface area contributed by atoms with Crippen LogP contribution in [0, 0.1) is 5.92 Å². The summed E-state index contributed by atoms with van der Waals surface area (Å²) in [6.45, 7) is -1.14. The number of amides is 1. The molecule has 1 aromatic carbocycles. The minimum Gasteiger partial charge on any atom is -0.480 e. The van der Waals surface area contributed by atoms with E-state index in [2.05, 4.69) is 5.32 Å². The van der Waals surface area contributed by atoms with Gasteiger partial charge in [-0.1, -0.05) is 29.3 Å². The highest BCUT2D eigenvalue weighted by Crippen LogP contribution is 2.50. The van der Waals surface area contributed by atoms with Gasteiger partial charge < -0.3 is 10.4 Å². The van der Waals surface area contributed by atoms with Gasteiger partial charge in [-0.05, 0) is 30.0 Å². The molecule has 1 aromatic rings. The smallest absolute Gasteiger partial charge is 0.328 e. The summed E-state index contributed by atoms with van der Waals surface area (Å²) in [7, 11) is 0. The molecule has 3 atom stereocenters. The number of nitrogens with one attached hydrogen (secondary N) is 1. The van der Waals surface area contributed by atoms with Crippen molar-refractivity contribution in [3.05, 3.63) is 33.8 Å². The zero-order chi connectivity index (χ0) is 14.9. The molecule has 108 valence electrons. The Balaban J connectivity index is 2.00. The molecule has 0 aromatic heterocycles. The maximum absolute atomic E-state index is 12.4. The van der Waals surface area contributed by atoms with Crippen molar-refractivity contribution in [2.24, 2.45) is 5.92 Å². The molecule has 3 unspecified atom stereocenters. The highest BCUT2D eigenvalue weighted by Gasteiger charge is 2.45. The van der Waals surface area contributed by atoms with E-state index in [-0.39, 0.29) is 11.8 Å². The average Bonchev–Trinajstić information content (AvgIpc) is 3.15. The fourth-order valence-electron chi connectivity index (χ4n) is 2.08. The third kappa shape index (κ3) is 3.22. The Morgan fingerprint density at radius 3 is 2.70 bits per heavy atom. The van der Waals surface area contributed by atoms with Crippen LogP contribution in [0.15, 0.2) is 18.2 Å². The van der Waals surface area contributed by atoms with Gasteiger partial charge in [-0.3, -0.25) is 4.79 Å². The molecular formula is C13H12Cl2FNO3. The second-order valence-corrected chi connectivity index (χ2v) is 5.51. The van der Waals surface area contributed by atoms with Crippen molar-refractivity contribution in [3.8, 4) is 0 Å². The first-order valence-corrected chi connectivity index (χ1v) is 6.73. The summed E-state index contributed by atoms with van der Waals surface area (Å²) in [5.74, 6) is -2.30. The van der Waals surface area contributed by atoms with E-state index in [1.807, 2.05) is 0 Å². The zero-order valence-corrected chi connectivity index (χ0v) is 11.8. The zero-order valence-electron chi connectivity index (χ0n) is 10.3. The largest absolute Gasteiger partial charge is 0.480 e. The van der Waals surface area contributed by atoms with Gasteiger partial charge >= 0.3 is 5.97 Å². The van der Waals surface area contributed by atoms with Crippen LogP contribution in [0.25, 0.3) is 0 Å². The summed E-state index contributed by atoms with van der Waals surface area (Å²) in [6, 6.07) is 3.52. The van der Waals surface area contributed by atoms with Gasteiger partial charge in [0, 0.05) is 16.0 Å². The molecule has 1 aliphatic rings. The Kier molecular flexibility index (Phi) is 4.50. The maximum atomic E-state index is 12.4. The minimum absolute atomic E-state index is 0.0752. The van der Waals surface area contributed by atoms with Crippen molar-refractivity contribution < 1.29 is 19.1 Å². The van der Waals surface area contributed by atoms with Crippen LogP contribution in [0.3, 0.4) is 0 Å². The fraction of sp³-hybridized carbons (Fsp3) is 0.385. The lowest BCUT2D eigenvalue weighted by atomic mass is 10.1. The molecule has 0 heterocycles. The number of rotatable bonds is 5. The average molecular weight is 320 g/mol. The quantitative estimate of drug-likeness (QED) is 0.876. The molecule has 0 spiro atoms. The number of halogens is 3. The van der Waals surface area contributed by atoms with Gasteiger partial charge in [0.05, 0.1) is 0 Å². The maximum Gasteiger partial charge on any atom is 0.328 e. The molecule has 0 saturated heterocycles. The Morgan fingerprint density at radius 1 is 1.45 bits per heavy atom. The summed E-state index contributed by atoms with van der Waals surface area (Å²) in [5, 5.41) is 11.8. The molecular weight excluding hydrogens is 308 g/mol. The van der Waals surface area contributed by atoms with Crippen molar-refractivity contribution in [3.63, 3.8) is 0 Å². The van der Waals surface area contributed by atoms with Crippen LogP contribution in [0.2, 0.25) is 10.0 Å². The Morgan fingerprint density at radius 2 is 2.15 bits per heavy atom. The molecule has 1 fully saturated rings. The predicted molar refractivity (Wildman–Crippen MR) is 72.9 cm³/mol. The van der Waals surface area contributed by atoms with Crippen LogP contribution < -0.4 is 5.32 Å². The van der Waals surface area contributed by atoms with Crippen LogP contribution in [0.1, 0.15) is 17.9 Å². The van der Waals surface area contributed by atoms with Crippen LogP contribution >= 0.6 is 23.2 Å². The van der Waals surface area contributed by atoms with E-state index >= 15 is 0 Å². The highest BCUT2D eigenvalue weighted by molar-refractivity contribution is 6.35. The second-order valence-electron chi connectivity index (χ2n) is 4.67. The molecule has 1 aliphatic carbocycles. The van der Waals surface area contributed by atoms with E-state index in [1.54, 1.807) is 18.2 Å². The van der Waals surface area contributed by atoms with Crippen molar-refractivity contribution >= 4 is 35.1 Å². The number of hydrogen-bond donors (Lipinski definition) is 2. The van der Waals surface area contributed by atoms with E-state index in [4.69, 9.17) is 28.3 Å². The first-order valence-electron chi connectivity index (χ1n) is 5.98. The molecule has 0 radical (unpaired) electrons. The van der Waals surface area contributed by atoms with Gasteiger partial charge in [-0.2, -0.15) is 0 Å². The number of hydrogen-bond acceptors (Lipinski definition) is 2. The summed E-state index contributed by atoms with van der Waals surface area (Å²) >= 11 is 11.8. The number of carbonyl (C=O) groups excluding carboxylic acids is 1. The van der Waals surface area contributed by atoms with Gasteiger partial charge in [0.1, 0.15) is 6.67 Å². The number of aliphatic carboxylic acids is 1. The van der Waals surface area contributed by atoms with Gasteiger partial charge in [0.15, 0.2) is 6.04 Å². The Hall–Kier alpha value is -1.33. The molecule has 1 saturated carbocycles. The molecule has 7 heteroatoms. The molecule has 0 aliphatic heterocycles. The van der Waals surface area contributed by atoms with Crippen molar-refractivity contribution in [1.82, 2.24) is 5.32 Å². The summed E-state index contributed by atoms with van der Waals surface area (Å²) in [4.78, 5) is 22.5. The van der Waals surface area contributed by atoms with Gasteiger partial charge in [0.25, 0.3) is 0 Å². The molecule has 4 nitrogen and oxygen atoms in total. The topological polar surface area (TPSA) is 66.4 Å². The van der Waals surface area contributed by atoms with Crippen molar-refractivity contribution in [1.29, 1.82) is 0 Å². The lowest BCUT2D eigenvalue weighted by molar-refractivity contribution is -0.142. The van der Waals surface area contributed by atoms with E-state index in [0.29, 0.717) is 16.5 Å². The number of benzene rings is 1. The lowest BCUT2D eigenvalue weighted by Gasteiger charge is -2.10. The van der Waals surface area contributed by atoms with Gasteiger partial charge in [-0.25, -0.2) is 9.18 Å². The summed E-state index contributed by atoms with van der Waals surface area (Å²) < 4.78 is 12.4. The fourth-order valence-corrected chi connectivity index (χ4v) is 2.62. The number of alkyl halides is 1. The SMILES string of the molecule is O=C(O)C(CF)NC(=O)C1CC1c1ccc(Cl)cc1Cl. The number of carboxylic acids is 1. The van der Waals surface area contributed by atoms with E-state index in [0.717, 1.165) is 5.56 Å². The predicted octanol–water partition coefficient (Wildman–Crippen LogP) is 2.64. The van der Waals surface area contributed by atoms with E-state index in [1.165, 1.54) is 0 Å². The second kappa shape index (κ2) is 5.97. The van der Waals surface area contributed by atoms with Crippen molar-refractivity contribution in [2.45, 2.75) is 18.4 Å². The molecule has 2 rings (SSSR count). The number of carboxylic acid groups (broad SMARTS) is 1. The lowest BCUT2D eigenvalue weighted by Crippen LogP contribution is -2.43. The minimum atomic E-state index is -1.50. The Bertz CT molecular complexity index is 552. The summed E-state index contributed by atoms with van der Waals surface area (Å²) in [5.41, 5.74) is 0.795. The van der Waals surface area contributed by atoms with Crippen molar-refractivity contribution in [2.75, 3.05) is 6.67 Å². The molecule has 1 amide bonds. The van der Waals surface area contributed by atoms with E-state index < -0.39 is 24.6 Å².